The Balaban J connectivity index is 1.58. The first-order valence-corrected chi connectivity index (χ1v) is 10.8. The molecule has 4 rings (SSSR count). The Kier molecular flexibility index (Phi) is 5.85. The molecule has 1 saturated heterocycles. The van der Waals surface area contributed by atoms with Gasteiger partial charge in [-0.05, 0) is 56.3 Å². The number of hydrogen-bond donors (Lipinski definition) is 2. The van der Waals surface area contributed by atoms with Gasteiger partial charge in [-0.2, -0.15) is 0 Å². The lowest BCUT2D eigenvalue weighted by molar-refractivity contribution is -0.136. The zero-order valence-corrected chi connectivity index (χ0v) is 17.1. The van der Waals surface area contributed by atoms with Crippen LogP contribution in [-0.2, 0) is 9.59 Å². The Labute approximate surface area is 175 Å². The third-order valence-electron chi connectivity index (χ3n) is 6.37. The molecule has 0 radical (unpaired) electrons. The Morgan fingerprint density at radius 1 is 1.03 bits per heavy atom. The minimum absolute atomic E-state index is 0.114. The molecule has 1 atom stereocenters. The highest BCUT2D eigenvalue weighted by Crippen LogP contribution is 2.32. The van der Waals surface area contributed by atoms with Crippen LogP contribution >= 0.6 is 0 Å². The second-order valence-electron chi connectivity index (χ2n) is 8.42. The number of benzene rings is 1. The largest absolute Gasteiger partial charge is 0.371 e. The molecule has 1 unspecified atom stereocenters. The highest BCUT2D eigenvalue weighted by molar-refractivity contribution is 6.23. The van der Waals surface area contributed by atoms with Gasteiger partial charge in [-0.15, -0.1) is 0 Å². The number of amides is 4. The van der Waals surface area contributed by atoms with Gasteiger partial charge < -0.3 is 10.6 Å². The van der Waals surface area contributed by atoms with E-state index in [-0.39, 0.29) is 18.7 Å². The minimum Gasteiger partial charge on any atom is -0.371 e. The quantitative estimate of drug-likeness (QED) is 0.655. The van der Waals surface area contributed by atoms with Crippen LogP contribution in [0, 0.1) is 5.92 Å². The summed E-state index contributed by atoms with van der Waals surface area (Å²) in [6.45, 7) is 2.30. The van der Waals surface area contributed by atoms with Crippen molar-refractivity contribution in [3.05, 3.63) is 29.3 Å². The summed E-state index contributed by atoms with van der Waals surface area (Å²) in [5, 5.41) is 2.22. The van der Waals surface area contributed by atoms with Gasteiger partial charge in [-0.25, -0.2) is 0 Å². The van der Waals surface area contributed by atoms with Crippen LogP contribution in [0.25, 0.3) is 0 Å². The number of nitrogens with one attached hydrogen (secondary N) is 1. The molecule has 1 aromatic rings. The van der Waals surface area contributed by atoms with Crippen molar-refractivity contribution in [1.29, 1.82) is 0 Å². The van der Waals surface area contributed by atoms with Gasteiger partial charge in [0.2, 0.25) is 11.8 Å². The minimum atomic E-state index is -0.939. The number of hydrogen-bond acceptors (Lipinski definition) is 6. The fraction of sp³-hybridized carbons (Fsp3) is 0.545. The number of rotatable bonds is 7. The second-order valence-corrected chi connectivity index (χ2v) is 8.42. The fourth-order valence-electron chi connectivity index (χ4n) is 4.77. The van der Waals surface area contributed by atoms with E-state index in [1.54, 1.807) is 12.1 Å². The summed E-state index contributed by atoms with van der Waals surface area (Å²) in [4.78, 5) is 52.9. The van der Waals surface area contributed by atoms with Crippen molar-refractivity contribution >= 4 is 29.3 Å². The molecule has 2 fully saturated rings. The predicted molar refractivity (Wildman–Crippen MR) is 111 cm³/mol. The number of nitrogens with two attached hydrogens (primary N) is 1. The van der Waals surface area contributed by atoms with E-state index in [0.29, 0.717) is 23.6 Å². The first-order valence-electron chi connectivity index (χ1n) is 10.8. The van der Waals surface area contributed by atoms with Crippen molar-refractivity contribution in [3.63, 3.8) is 0 Å². The second kappa shape index (κ2) is 8.55. The summed E-state index contributed by atoms with van der Waals surface area (Å²) in [6.07, 6.45) is 6.06. The highest BCUT2D eigenvalue weighted by Gasteiger charge is 2.44. The van der Waals surface area contributed by atoms with E-state index in [0.717, 1.165) is 30.1 Å². The molecule has 8 heteroatoms. The van der Waals surface area contributed by atoms with Crippen LogP contribution in [0.15, 0.2) is 18.2 Å². The van der Waals surface area contributed by atoms with Crippen molar-refractivity contribution in [3.8, 4) is 0 Å². The number of nitrogens with zero attached hydrogens (tertiary/aromatic N) is 2. The van der Waals surface area contributed by atoms with Gasteiger partial charge in [-0.3, -0.25) is 29.4 Å². The van der Waals surface area contributed by atoms with Crippen LogP contribution in [0.5, 0.6) is 0 Å². The molecule has 2 heterocycles. The van der Waals surface area contributed by atoms with Crippen LogP contribution in [0.4, 0.5) is 5.69 Å². The van der Waals surface area contributed by atoms with E-state index < -0.39 is 23.8 Å². The molecule has 160 valence electrons. The van der Waals surface area contributed by atoms with Gasteiger partial charge in [0.25, 0.3) is 11.8 Å². The van der Waals surface area contributed by atoms with Crippen LogP contribution in [0.1, 0.15) is 65.7 Å². The molecule has 0 bridgehead atoms. The van der Waals surface area contributed by atoms with E-state index in [1.807, 2.05) is 6.07 Å². The summed E-state index contributed by atoms with van der Waals surface area (Å²) >= 11 is 0. The molecule has 1 aliphatic carbocycles. The molecule has 0 aromatic heterocycles. The van der Waals surface area contributed by atoms with E-state index in [1.165, 1.54) is 25.7 Å². The van der Waals surface area contributed by atoms with Gasteiger partial charge >= 0.3 is 0 Å². The van der Waals surface area contributed by atoms with Gasteiger partial charge in [-0.1, -0.05) is 12.8 Å². The van der Waals surface area contributed by atoms with Crippen LogP contribution < -0.4 is 16.0 Å². The number of carbonyl (C=O) groups excluding carboxylic acids is 4. The first-order chi connectivity index (χ1) is 14.5. The van der Waals surface area contributed by atoms with E-state index in [9.17, 15) is 19.2 Å². The Bertz CT molecular complexity index is 878. The van der Waals surface area contributed by atoms with Gasteiger partial charge in [0, 0.05) is 25.2 Å². The van der Waals surface area contributed by atoms with Crippen LogP contribution in [0.2, 0.25) is 0 Å². The summed E-state index contributed by atoms with van der Waals surface area (Å²) in [5.74, 6) is -1.27. The summed E-state index contributed by atoms with van der Waals surface area (Å²) in [7, 11) is 0. The molecule has 1 aromatic carbocycles. The SMILES string of the molecule is NCCCN(CC1CCCC1)c1ccc2c(c1)C(=O)N(C1CCC(=O)NC1=O)C2=O. The molecule has 3 N–H and O–H groups in total. The number of imide groups is 2. The summed E-state index contributed by atoms with van der Waals surface area (Å²) < 4.78 is 0. The third kappa shape index (κ3) is 3.84. The molecule has 30 heavy (non-hydrogen) atoms. The lowest BCUT2D eigenvalue weighted by Gasteiger charge is -2.28. The average molecular weight is 412 g/mol. The molecular weight excluding hydrogens is 384 g/mol. The first kappa shape index (κ1) is 20.5. The lowest BCUT2D eigenvalue weighted by Crippen LogP contribution is -2.54. The van der Waals surface area contributed by atoms with E-state index in [2.05, 4.69) is 10.2 Å². The van der Waals surface area contributed by atoms with Gasteiger partial charge in [0.05, 0.1) is 11.1 Å². The highest BCUT2D eigenvalue weighted by atomic mass is 16.2. The smallest absolute Gasteiger partial charge is 0.262 e. The van der Waals surface area contributed by atoms with E-state index >= 15 is 0 Å². The van der Waals surface area contributed by atoms with Gasteiger partial charge in [0.15, 0.2) is 0 Å². The number of piperidine rings is 1. The third-order valence-corrected chi connectivity index (χ3v) is 6.37. The van der Waals surface area contributed by atoms with Crippen molar-refractivity contribution < 1.29 is 19.2 Å². The maximum atomic E-state index is 13.1. The van der Waals surface area contributed by atoms with Crippen LogP contribution in [0.3, 0.4) is 0 Å². The normalized spacial score (nSPS) is 21.9. The fourth-order valence-corrected chi connectivity index (χ4v) is 4.77. The van der Waals surface area contributed by atoms with Gasteiger partial charge in [0.1, 0.15) is 6.04 Å². The summed E-state index contributed by atoms with van der Waals surface area (Å²) in [6, 6.07) is 4.39. The van der Waals surface area contributed by atoms with Crippen molar-refractivity contribution in [2.45, 2.75) is 51.0 Å². The zero-order valence-electron chi connectivity index (χ0n) is 17.1. The zero-order chi connectivity index (χ0) is 21.3. The summed E-state index contributed by atoms with van der Waals surface area (Å²) in [5.41, 5.74) is 7.26. The molecule has 1 saturated carbocycles. The predicted octanol–water partition coefficient (Wildman–Crippen LogP) is 1.43. The van der Waals surface area contributed by atoms with Crippen molar-refractivity contribution in [1.82, 2.24) is 10.2 Å². The van der Waals surface area contributed by atoms with Crippen molar-refractivity contribution in [2.75, 3.05) is 24.5 Å². The monoisotopic (exact) mass is 412 g/mol. The standard InChI is InChI=1S/C22H28N4O4/c23-10-3-11-25(13-14-4-1-2-5-14)15-6-7-16-17(12-15)22(30)26(21(16)29)18-8-9-19(27)24-20(18)28/h6-7,12,14,18H,1-5,8-11,13,23H2,(H,24,27,28). The molecule has 0 spiro atoms. The Hall–Kier alpha value is -2.74. The Morgan fingerprint density at radius 3 is 2.47 bits per heavy atom. The molecule has 3 aliphatic rings. The van der Waals surface area contributed by atoms with Crippen molar-refractivity contribution in [2.24, 2.45) is 11.7 Å². The molecule has 2 aliphatic heterocycles. The molecule has 8 nitrogen and oxygen atoms in total. The maximum Gasteiger partial charge on any atom is 0.262 e. The maximum absolute atomic E-state index is 13.1. The Morgan fingerprint density at radius 2 is 1.77 bits per heavy atom. The number of anilines is 1. The van der Waals surface area contributed by atoms with E-state index in [4.69, 9.17) is 5.73 Å². The van der Waals surface area contributed by atoms with Crippen LogP contribution in [-0.4, -0.2) is 54.2 Å². The number of fused-ring (bicyclic) bond motifs is 1. The molecule has 4 amide bonds. The lowest BCUT2D eigenvalue weighted by atomic mass is 10.0. The number of carbonyl (C=O) groups is 4. The topological polar surface area (TPSA) is 113 Å². The molecular formula is C22H28N4O4. The average Bonchev–Trinajstić information content (AvgIpc) is 3.33.